The maximum Gasteiger partial charge on any atom is 0.157 e. The van der Waals surface area contributed by atoms with Gasteiger partial charge in [-0.3, -0.25) is 0 Å². The van der Waals surface area contributed by atoms with E-state index in [-0.39, 0.29) is 6.61 Å². The minimum atomic E-state index is 0.257. The summed E-state index contributed by atoms with van der Waals surface area (Å²) in [5, 5.41) is 3.39. The van der Waals surface area contributed by atoms with Gasteiger partial charge in [-0.25, -0.2) is 0 Å². The van der Waals surface area contributed by atoms with E-state index in [1.54, 1.807) is 0 Å². The van der Waals surface area contributed by atoms with E-state index in [1.165, 1.54) is 24.0 Å². The van der Waals surface area contributed by atoms with Crippen LogP contribution in [-0.4, -0.2) is 12.4 Å². The molecule has 2 rings (SSSR count). The molecule has 0 heterocycles. The molecule has 1 aliphatic rings. The first-order chi connectivity index (χ1) is 7.81. The molecule has 1 aliphatic carbocycles. The molecule has 0 unspecified atom stereocenters. The van der Waals surface area contributed by atoms with Gasteiger partial charge in [0.25, 0.3) is 0 Å². The first kappa shape index (κ1) is 10.8. The molecule has 1 aromatic rings. The molecule has 4 heteroatoms. The second-order valence-corrected chi connectivity index (χ2v) is 4.01. The Balaban J connectivity index is 2.14. The molecular weight excluding hydrogens is 202 g/mol. The fourth-order valence-electron chi connectivity index (χ4n) is 2.07. The summed E-state index contributed by atoms with van der Waals surface area (Å²) in [6.07, 6.45) is 4.73. The maximum absolute atomic E-state index is 5.62. The first-order valence-corrected chi connectivity index (χ1v) is 5.57. The highest BCUT2D eigenvalue weighted by molar-refractivity contribution is 5.81. The zero-order valence-electron chi connectivity index (χ0n) is 9.28. The predicted octanol–water partition coefficient (Wildman–Crippen LogP) is 1.18. The minimum Gasteiger partial charge on any atom is -0.485 e. The Morgan fingerprint density at radius 3 is 2.94 bits per heavy atom. The Morgan fingerprint density at radius 2 is 2.12 bits per heavy atom. The fourth-order valence-corrected chi connectivity index (χ4v) is 2.07. The van der Waals surface area contributed by atoms with Crippen molar-refractivity contribution in [1.82, 2.24) is 0 Å². The summed E-state index contributed by atoms with van der Waals surface area (Å²) in [6, 6.07) is 6.17. The Morgan fingerprint density at radius 1 is 1.31 bits per heavy atom. The van der Waals surface area contributed by atoms with Gasteiger partial charge in [-0.2, -0.15) is 5.10 Å². The summed E-state index contributed by atoms with van der Waals surface area (Å²) in [7, 11) is 0. The molecule has 0 amide bonds. The van der Waals surface area contributed by atoms with Crippen LogP contribution in [0.1, 0.15) is 24.0 Å². The van der Waals surface area contributed by atoms with Gasteiger partial charge in [0.1, 0.15) is 12.4 Å². The number of hydrazone groups is 1. The Labute approximate surface area is 95.3 Å². The van der Waals surface area contributed by atoms with E-state index >= 15 is 0 Å². The van der Waals surface area contributed by atoms with Crippen LogP contribution in [0.2, 0.25) is 0 Å². The van der Waals surface area contributed by atoms with Crippen molar-refractivity contribution in [3.8, 4) is 5.75 Å². The highest BCUT2D eigenvalue weighted by Gasteiger charge is 2.13. The van der Waals surface area contributed by atoms with Crippen LogP contribution >= 0.6 is 0 Å². The smallest absolute Gasteiger partial charge is 0.157 e. The van der Waals surface area contributed by atoms with Crippen LogP contribution in [0.15, 0.2) is 23.3 Å². The highest BCUT2D eigenvalue weighted by atomic mass is 16.5. The van der Waals surface area contributed by atoms with Gasteiger partial charge in [-0.05, 0) is 42.9 Å². The molecule has 86 valence electrons. The van der Waals surface area contributed by atoms with Crippen LogP contribution in [-0.2, 0) is 12.8 Å². The van der Waals surface area contributed by atoms with Crippen molar-refractivity contribution in [1.29, 1.82) is 0 Å². The number of hydrogen-bond acceptors (Lipinski definition) is 3. The quantitative estimate of drug-likeness (QED) is 0.347. The first-order valence-electron chi connectivity index (χ1n) is 5.57. The molecule has 0 fully saturated rings. The second kappa shape index (κ2) is 4.88. The SMILES string of the molecule is N/N=C(\N)COc1cccc2c1CCCC2. The molecule has 4 N–H and O–H groups in total. The summed E-state index contributed by atoms with van der Waals surface area (Å²) >= 11 is 0. The number of rotatable bonds is 3. The van der Waals surface area contributed by atoms with Crippen molar-refractivity contribution >= 4 is 5.84 Å². The zero-order chi connectivity index (χ0) is 11.4. The second-order valence-electron chi connectivity index (χ2n) is 4.01. The molecule has 0 radical (unpaired) electrons. The molecule has 0 bridgehead atoms. The molecule has 4 nitrogen and oxygen atoms in total. The van der Waals surface area contributed by atoms with Crippen LogP contribution in [0.4, 0.5) is 0 Å². The number of hydrogen-bond donors (Lipinski definition) is 2. The Kier molecular flexibility index (Phi) is 3.29. The van der Waals surface area contributed by atoms with Gasteiger partial charge in [0.2, 0.25) is 0 Å². The third kappa shape index (κ3) is 2.27. The molecule has 0 aromatic heterocycles. The number of benzene rings is 1. The summed E-state index contributed by atoms with van der Waals surface area (Å²) < 4.78 is 5.62. The van der Waals surface area contributed by atoms with Gasteiger partial charge in [0.15, 0.2) is 5.84 Å². The normalized spacial score (nSPS) is 15.6. The maximum atomic E-state index is 5.62. The van der Waals surface area contributed by atoms with Crippen molar-refractivity contribution in [3.63, 3.8) is 0 Å². The van der Waals surface area contributed by atoms with E-state index in [1.807, 2.05) is 12.1 Å². The molecule has 0 saturated carbocycles. The number of ether oxygens (including phenoxy) is 1. The van der Waals surface area contributed by atoms with Gasteiger partial charge in [-0.1, -0.05) is 12.1 Å². The summed E-state index contributed by atoms with van der Waals surface area (Å²) in [5.74, 6) is 6.29. The van der Waals surface area contributed by atoms with Crippen molar-refractivity contribution in [3.05, 3.63) is 29.3 Å². The largest absolute Gasteiger partial charge is 0.485 e. The molecule has 0 atom stereocenters. The van der Waals surface area contributed by atoms with Crippen LogP contribution in [0, 0.1) is 0 Å². The van der Waals surface area contributed by atoms with E-state index in [4.69, 9.17) is 16.3 Å². The lowest BCUT2D eigenvalue weighted by atomic mass is 9.91. The van der Waals surface area contributed by atoms with Crippen molar-refractivity contribution < 1.29 is 4.74 Å². The lowest BCUT2D eigenvalue weighted by Gasteiger charge is -2.19. The summed E-state index contributed by atoms with van der Waals surface area (Å²) in [6.45, 7) is 0.257. The predicted molar refractivity (Wildman–Crippen MR) is 64.4 cm³/mol. The van der Waals surface area contributed by atoms with Crippen molar-refractivity contribution in [2.45, 2.75) is 25.7 Å². The zero-order valence-corrected chi connectivity index (χ0v) is 9.28. The highest BCUT2D eigenvalue weighted by Crippen LogP contribution is 2.29. The van der Waals surface area contributed by atoms with Gasteiger partial charge in [-0.15, -0.1) is 0 Å². The topological polar surface area (TPSA) is 73.6 Å². The Hall–Kier alpha value is -1.71. The number of nitrogens with zero attached hydrogens (tertiary/aromatic N) is 1. The van der Waals surface area contributed by atoms with E-state index in [9.17, 15) is 0 Å². The average Bonchev–Trinajstić information content (AvgIpc) is 2.35. The van der Waals surface area contributed by atoms with E-state index < -0.39 is 0 Å². The van der Waals surface area contributed by atoms with Gasteiger partial charge in [0, 0.05) is 0 Å². The van der Waals surface area contributed by atoms with Crippen LogP contribution in [0.25, 0.3) is 0 Å². The van der Waals surface area contributed by atoms with Crippen molar-refractivity contribution in [2.75, 3.05) is 6.61 Å². The van der Waals surface area contributed by atoms with Gasteiger partial charge >= 0.3 is 0 Å². The monoisotopic (exact) mass is 219 g/mol. The fraction of sp³-hybridized carbons (Fsp3) is 0.417. The number of aryl methyl sites for hydroxylation is 1. The third-order valence-electron chi connectivity index (χ3n) is 2.89. The molecule has 0 spiro atoms. The van der Waals surface area contributed by atoms with Crippen LogP contribution in [0.5, 0.6) is 5.75 Å². The van der Waals surface area contributed by atoms with E-state index in [0.29, 0.717) is 5.84 Å². The molecule has 1 aromatic carbocycles. The Bertz CT molecular complexity index is 401. The number of amidine groups is 1. The van der Waals surface area contributed by atoms with Crippen molar-refractivity contribution in [2.24, 2.45) is 16.7 Å². The number of nitrogens with two attached hydrogens (primary N) is 2. The lowest BCUT2D eigenvalue weighted by Crippen LogP contribution is -2.23. The van der Waals surface area contributed by atoms with Gasteiger partial charge < -0.3 is 16.3 Å². The van der Waals surface area contributed by atoms with E-state index in [2.05, 4.69) is 11.2 Å². The van der Waals surface area contributed by atoms with Crippen LogP contribution in [0.3, 0.4) is 0 Å². The number of fused-ring (bicyclic) bond motifs is 1. The molecular formula is C12H17N3O. The molecule has 0 aliphatic heterocycles. The summed E-state index contributed by atoms with van der Waals surface area (Å²) in [4.78, 5) is 0. The molecule has 16 heavy (non-hydrogen) atoms. The van der Waals surface area contributed by atoms with Gasteiger partial charge in [0.05, 0.1) is 0 Å². The molecule has 0 saturated heterocycles. The van der Waals surface area contributed by atoms with E-state index in [0.717, 1.165) is 18.6 Å². The van der Waals surface area contributed by atoms with Crippen LogP contribution < -0.4 is 16.3 Å². The minimum absolute atomic E-state index is 0.257. The average molecular weight is 219 g/mol. The summed E-state index contributed by atoms with van der Waals surface area (Å²) in [5.41, 5.74) is 8.21. The standard InChI is InChI=1S/C12H17N3O/c13-12(15-14)8-16-11-7-3-5-9-4-1-2-6-10(9)11/h3,5,7H,1-2,4,6,8,14H2,(H2,13,15). The third-order valence-corrected chi connectivity index (χ3v) is 2.89. The lowest BCUT2D eigenvalue weighted by molar-refractivity contribution is 0.368.